The van der Waals surface area contributed by atoms with Crippen molar-refractivity contribution in [3.8, 4) is 6.07 Å². The lowest BCUT2D eigenvalue weighted by Crippen LogP contribution is -2.02. The molecule has 0 unspecified atom stereocenters. The SMILES string of the molecule is N#Cc1ccc(CNc2cccc(F)c2)c(F)c1. The summed E-state index contributed by atoms with van der Waals surface area (Å²) in [5.41, 5.74) is 1.29. The van der Waals surface area contributed by atoms with Gasteiger partial charge in [-0.05, 0) is 30.3 Å². The van der Waals surface area contributed by atoms with E-state index in [0.29, 0.717) is 11.3 Å². The van der Waals surface area contributed by atoms with Gasteiger partial charge in [0.15, 0.2) is 0 Å². The molecule has 0 atom stereocenters. The predicted molar refractivity (Wildman–Crippen MR) is 64.8 cm³/mol. The van der Waals surface area contributed by atoms with Crippen molar-refractivity contribution >= 4 is 5.69 Å². The summed E-state index contributed by atoms with van der Waals surface area (Å²) in [6, 6.07) is 12.1. The summed E-state index contributed by atoms with van der Waals surface area (Å²) < 4.78 is 26.5. The highest BCUT2D eigenvalue weighted by Crippen LogP contribution is 2.14. The molecule has 0 saturated heterocycles. The average Bonchev–Trinajstić information content (AvgIpc) is 2.37. The molecule has 2 nitrogen and oxygen atoms in total. The molecule has 18 heavy (non-hydrogen) atoms. The average molecular weight is 244 g/mol. The molecule has 0 bridgehead atoms. The van der Waals surface area contributed by atoms with Crippen molar-refractivity contribution in [1.82, 2.24) is 0 Å². The van der Waals surface area contributed by atoms with Crippen LogP contribution in [0, 0.1) is 23.0 Å². The second kappa shape index (κ2) is 5.28. The van der Waals surface area contributed by atoms with Gasteiger partial charge in [-0.3, -0.25) is 0 Å². The van der Waals surface area contributed by atoms with Gasteiger partial charge in [-0.15, -0.1) is 0 Å². The molecule has 1 N–H and O–H groups in total. The topological polar surface area (TPSA) is 35.8 Å². The van der Waals surface area contributed by atoms with Crippen LogP contribution in [-0.4, -0.2) is 0 Å². The monoisotopic (exact) mass is 244 g/mol. The quantitative estimate of drug-likeness (QED) is 0.897. The maximum absolute atomic E-state index is 13.6. The first-order valence-electron chi connectivity index (χ1n) is 5.37. The van der Waals surface area contributed by atoms with Gasteiger partial charge < -0.3 is 5.32 Å². The van der Waals surface area contributed by atoms with Crippen LogP contribution in [0.5, 0.6) is 0 Å². The first kappa shape index (κ1) is 12.1. The Labute approximate surface area is 103 Å². The third kappa shape index (κ3) is 2.83. The van der Waals surface area contributed by atoms with Gasteiger partial charge in [0.1, 0.15) is 11.6 Å². The summed E-state index contributed by atoms with van der Waals surface area (Å²) in [5, 5.41) is 11.5. The van der Waals surface area contributed by atoms with Crippen LogP contribution in [-0.2, 0) is 6.54 Å². The van der Waals surface area contributed by atoms with E-state index in [-0.39, 0.29) is 17.9 Å². The van der Waals surface area contributed by atoms with Crippen LogP contribution in [0.1, 0.15) is 11.1 Å². The van der Waals surface area contributed by atoms with E-state index < -0.39 is 5.82 Å². The van der Waals surface area contributed by atoms with Crippen LogP contribution in [0.15, 0.2) is 42.5 Å². The Kier molecular flexibility index (Phi) is 3.54. The second-order valence-electron chi connectivity index (χ2n) is 3.78. The molecule has 0 spiro atoms. The van der Waals surface area contributed by atoms with Gasteiger partial charge in [0, 0.05) is 17.8 Å². The van der Waals surface area contributed by atoms with Crippen LogP contribution in [0.4, 0.5) is 14.5 Å². The molecule has 0 aliphatic heterocycles. The molecule has 2 rings (SSSR count). The highest BCUT2D eigenvalue weighted by Gasteiger charge is 2.03. The molecule has 0 saturated carbocycles. The molecule has 90 valence electrons. The van der Waals surface area contributed by atoms with E-state index in [0.717, 1.165) is 0 Å². The van der Waals surface area contributed by atoms with Crippen LogP contribution < -0.4 is 5.32 Å². The number of hydrogen-bond donors (Lipinski definition) is 1. The molecule has 0 fully saturated rings. The van der Waals surface area contributed by atoms with E-state index in [4.69, 9.17) is 5.26 Å². The smallest absolute Gasteiger partial charge is 0.129 e. The Bertz CT molecular complexity index is 603. The zero-order chi connectivity index (χ0) is 13.0. The van der Waals surface area contributed by atoms with E-state index in [9.17, 15) is 8.78 Å². The second-order valence-corrected chi connectivity index (χ2v) is 3.78. The lowest BCUT2D eigenvalue weighted by Gasteiger charge is -2.07. The van der Waals surface area contributed by atoms with Crippen molar-refractivity contribution in [3.63, 3.8) is 0 Å². The highest BCUT2D eigenvalue weighted by atomic mass is 19.1. The zero-order valence-electron chi connectivity index (χ0n) is 9.45. The Hall–Kier alpha value is -2.41. The number of nitrogens with zero attached hydrogens (tertiary/aromatic N) is 1. The van der Waals surface area contributed by atoms with E-state index in [2.05, 4.69) is 5.32 Å². The summed E-state index contributed by atoms with van der Waals surface area (Å²) in [6.07, 6.45) is 0. The van der Waals surface area contributed by atoms with Crippen molar-refractivity contribution in [2.45, 2.75) is 6.54 Å². The van der Waals surface area contributed by atoms with Crippen LogP contribution in [0.3, 0.4) is 0 Å². The number of benzene rings is 2. The Morgan fingerprint density at radius 2 is 1.94 bits per heavy atom. The van der Waals surface area contributed by atoms with Crippen molar-refractivity contribution in [3.05, 3.63) is 65.2 Å². The minimum atomic E-state index is -0.446. The van der Waals surface area contributed by atoms with E-state index >= 15 is 0 Å². The fourth-order valence-electron chi connectivity index (χ4n) is 1.56. The molecule has 0 radical (unpaired) electrons. The van der Waals surface area contributed by atoms with Crippen molar-refractivity contribution in [2.24, 2.45) is 0 Å². The predicted octanol–water partition coefficient (Wildman–Crippen LogP) is 3.45. The zero-order valence-corrected chi connectivity index (χ0v) is 9.45. The first-order chi connectivity index (χ1) is 8.69. The van der Waals surface area contributed by atoms with Gasteiger partial charge in [0.25, 0.3) is 0 Å². The molecule has 4 heteroatoms. The minimum absolute atomic E-state index is 0.237. The largest absolute Gasteiger partial charge is 0.381 e. The Balaban J connectivity index is 2.09. The van der Waals surface area contributed by atoms with Crippen molar-refractivity contribution < 1.29 is 8.78 Å². The van der Waals surface area contributed by atoms with Crippen LogP contribution in [0.25, 0.3) is 0 Å². The van der Waals surface area contributed by atoms with Crippen LogP contribution >= 0.6 is 0 Å². The third-order valence-electron chi connectivity index (χ3n) is 2.49. The standard InChI is InChI=1S/C14H10F2N2/c15-12-2-1-3-13(7-12)18-9-11-5-4-10(8-17)6-14(11)16/h1-7,18H,9H2. The number of hydrogen-bond acceptors (Lipinski definition) is 2. The van der Waals surface area contributed by atoms with Crippen molar-refractivity contribution in [1.29, 1.82) is 5.26 Å². The number of anilines is 1. The molecule has 0 heterocycles. The van der Waals surface area contributed by atoms with Crippen LogP contribution in [0.2, 0.25) is 0 Å². The van der Waals surface area contributed by atoms with Gasteiger partial charge >= 0.3 is 0 Å². The lowest BCUT2D eigenvalue weighted by atomic mass is 10.1. The van der Waals surface area contributed by atoms with Gasteiger partial charge in [-0.2, -0.15) is 5.26 Å². The highest BCUT2D eigenvalue weighted by molar-refractivity contribution is 5.44. The molecule has 0 amide bonds. The number of nitrogens with one attached hydrogen (secondary N) is 1. The third-order valence-corrected chi connectivity index (χ3v) is 2.49. The molecule has 0 aromatic heterocycles. The maximum Gasteiger partial charge on any atom is 0.129 e. The van der Waals surface area contributed by atoms with Gasteiger partial charge in [0.2, 0.25) is 0 Å². The summed E-state index contributed by atoms with van der Waals surface area (Å²) in [5.74, 6) is -0.793. The Morgan fingerprint density at radius 1 is 1.11 bits per heavy atom. The lowest BCUT2D eigenvalue weighted by molar-refractivity contribution is 0.612. The minimum Gasteiger partial charge on any atom is -0.381 e. The fraction of sp³-hybridized carbons (Fsp3) is 0.0714. The normalized spacial score (nSPS) is 9.83. The summed E-state index contributed by atoms with van der Waals surface area (Å²) in [4.78, 5) is 0. The van der Waals surface area contributed by atoms with Gasteiger partial charge in [0.05, 0.1) is 11.6 Å². The summed E-state index contributed by atoms with van der Waals surface area (Å²) >= 11 is 0. The summed E-state index contributed by atoms with van der Waals surface area (Å²) in [7, 11) is 0. The first-order valence-corrected chi connectivity index (χ1v) is 5.37. The molecule has 0 aliphatic rings. The maximum atomic E-state index is 13.6. The molecule has 2 aromatic rings. The number of halogens is 2. The molecule has 0 aliphatic carbocycles. The summed E-state index contributed by atoms with van der Waals surface area (Å²) in [6.45, 7) is 0.237. The number of nitriles is 1. The molecular weight excluding hydrogens is 234 g/mol. The van der Waals surface area contributed by atoms with E-state index in [1.807, 2.05) is 6.07 Å². The fourth-order valence-corrected chi connectivity index (χ4v) is 1.56. The Morgan fingerprint density at radius 3 is 2.61 bits per heavy atom. The van der Waals surface area contributed by atoms with E-state index in [1.165, 1.54) is 18.2 Å². The molecular formula is C14H10F2N2. The van der Waals surface area contributed by atoms with Gasteiger partial charge in [-0.1, -0.05) is 12.1 Å². The number of rotatable bonds is 3. The molecule has 2 aromatic carbocycles. The van der Waals surface area contributed by atoms with Gasteiger partial charge in [-0.25, -0.2) is 8.78 Å². The van der Waals surface area contributed by atoms with E-state index in [1.54, 1.807) is 24.3 Å². The van der Waals surface area contributed by atoms with Crippen molar-refractivity contribution in [2.75, 3.05) is 5.32 Å².